The Balaban J connectivity index is 0.700. The fraction of sp³-hybridized carbons (Fsp3) is 0.670. The lowest BCUT2D eigenvalue weighted by Crippen LogP contribution is -2.37. The number of nitrogens with one attached hydrogen (secondary N) is 2. The molecule has 1 aliphatic heterocycles. The third-order valence-corrected chi connectivity index (χ3v) is 21.8. The largest absolute Gasteiger partial charge is 0.512 e. The van der Waals surface area contributed by atoms with E-state index in [2.05, 4.69) is 20.6 Å². The van der Waals surface area contributed by atoms with Gasteiger partial charge in [0, 0.05) is 69.8 Å². The van der Waals surface area contributed by atoms with Crippen molar-refractivity contribution in [2.75, 3.05) is 298 Å². The first-order valence-corrected chi connectivity index (χ1v) is 47.4. The maximum atomic E-state index is 14.3. The lowest BCUT2D eigenvalue weighted by molar-refractivity contribution is -0.392. The number of Topliss-reactive ketones (excluding diaryl/α,β-unsaturated/α-hetero) is 1. The zero-order valence-electron chi connectivity index (χ0n) is 79.4. The molecule has 8 rings (SSSR count). The summed E-state index contributed by atoms with van der Waals surface area (Å²) in [5.74, 6) is 0.802. The molecule has 3 aliphatic carbocycles. The molecule has 4 aromatic rings. The second kappa shape index (κ2) is 69.1. The van der Waals surface area contributed by atoms with Crippen LogP contribution in [-0.4, -0.2) is 371 Å². The lowest BCUT2D eigenvalue weighted by atomic mass is 9.66. The number of allylic oxidation sites excluding steroid dienone is 3. The predicted octanol–water partition coefficient (Wildman–Crippen LogP) is 7.69. The number of methoxy groups -OCH3 is 1. The number of nitro groups is 2. The van der Waals surface area contributed by atoms with Gasteiger partial charge in [-0.15, -0.1) is 0 Å². The molecule has 766 valence electrons. The van der Waals surface area contributed by atoms with Crippen molar-refractivity contribution in [3.05, 3.63) is 143 Å². The molecule has 2 aromatic carbocycles. The maximum absolute atomic E-state index is 14.3. The minimum absolute atomic E-state index is 0.0831. The van der Waals surface area contributed by atoms with Crippen molar-refractivity contribution in [2.24, 2.45) is 0 Å². The number of thiocarbonyl (C=S) groups is 1. The molecule has 2 unspecified atom stereocenters. The van der Waals surface area contributed by atoms with Gasteiger partial charge in [0.1, 0.15) is 45.3 Å². The first-order valence-electron chi connectivity index (χ1n) is 47.0. The highest BCUT2D eigenvalue weighted by molar-refractivity contribution is 7.80. The number of carbonyl (C=O) groups is 4. The van der Waals surface area contributed by atoms with Gasteiger partial charge in [-0.3, -0.25) is 14.4 Å². The molecule has 137 heavy (non-hydrogen) atoms. The Morgan fingerprint density at radius 2 is 0.883 bits per heavy atom. The summed E-state index contributed by atoms with van der Waals surface area (Å²) in [7, 11) is 1.61. The second-order valence-corrected chi connectivity index (χ2v) is 32.0. The molecule has 2 atom stereocenters. The van der Waals surface area contributed by atoms with E-state index in [0.29, 0.717) is 286 Å². The van der Waals surface area contributed by atoms with Crippen LogP contribution < -0.4 is 24.8 Å². The molecule has 0 fully saturated rings. The number of aromatic nitrogens is 4. The van der Waals surface area contributed by atoms with E-state index in [4.69, 9.17) is 126 Å². The van der Waals surface area contributed by atoms with Crippen LogP contribution in [0.4, 0.5) is 11.6 Å². The SMILES string of the molecule is COCCOCCOCCOCCOc1c(OCCOCCOCCOCCOCCOCCOCCOCCOCCC(=O)NCCn2c([N+](=O)[O-])cnc2C)cc(C(=O)CCCCCC(=S)Cc2ccc3c(c2)C(=O)OC32C3=C(CC4=C2CCC(O)=C4)CC(O)C=C3)cc1OCCOCCOCCOCCOCCOCCOCCOCCOCCC(=O)NCCn1c([N+](=O)[O-])cnc1C. The Morgan fingerprint density at radius 1 is 0.504 bits per heavy atom. The van der Waals surface area contributed by atoms with Crippen LogP contribution in [0.5, 0.6) is 17.2 Å². The topological polar surface area (TPSA) is 476 Å². The number of fused-ring (bicyclic) bond motifs is 4. The standard InChI is InChI=1S/C94H140N8O34S/c1-72-97-70-90(101(109)110)99(72)19-17-95-88(106)15-21-114-25-27-117-31-33-120-35-37-122-39-41-124-43-45-126-47-49-128-51-54-130-57-60-133-86-68-77(85(105)8-6-4-5-7-80(137)63-74-9-12-84-81(64-74)93(108)136-94(84)82-13-10-78(103)66-75(82)65-76-67-79(104)11-14-83(76)94)69-87(92(86)135-62-59-132-56-53-119-30-29-116-24-23-113-3)134-61-58-131-55-52-129-50-48-127-46-44-125-42-40-123-38-36-121-34-32-118-28-26-115-22-16-89(107)96-18-20-100-73(2)98-71-91(100)102(111)112/h9-10,12-13,64,67-71,78,103-104H,4-8,11,14-63,65-66H2,1-3H3,(H,95,106)(H,96,107). The Hall–Kier alpha value is -8.85. The smallest absolute Gasteiger partial charge is 0.342 e. The summed E-state index contributed by atoms with van der Waals surface area (Å²) in [6, 6.07) is 9.17. The molecule has 0 radical (unpaired) electrons. The molecule has 0 bridgehead atoms. The number of imidazole rings is 2. The minimum Gasteiger partial charge on any atom is -0.512 e. The number of hydrogen-bond donors (Lipinski definition) is 4. The number of nitrogens with zero attached hydrogens (tertiary/aromatic N) is 6. The number of esters is 1. The van der Waals surface area contributed by atoms with Gasteiger partial charge in [-0.2, -0.15) is 0 Å². The summed E-state index contributed by atoms with van der Waals surface area (Å²) in [5.41, 5.74) is 5.08. The fourth-order valence-corrected chi connectivity index (χ4v) is 15.0. The highest BCUT2D eigenvalue weighted by Crippen LogP contribution is 2.57. The number of rotatable bonds is 86. The quantitative estimate of drug-likeness (QED) is 0.00821. The zero-order valence-corrected chi connectivity index (χ0v) is 80.2. The molecular weight excluding hydrogens is 1820 g/mol. The van der Waals surface area contributed by atoms with Crippen molar-refractivity contribution in [3.8, 4) is 17.2 Å². The van der Waals surface area contributed by atoms with Gasteiger partial charge in [0.25, 0.3) is 0 Å². The van der Waals surface area contributed by atoms with E-state index in [1.807, 2.05) is 24.3 Å². The van der Waals surface area contributed by atoms with Crippen LogP contribution in [0, 0.1) is 34.1 Å². The number of carbonyl (C=O) groups excluding carboxylic acids is 4. The number of ketones is 1. The van der Waals surface area contributed by atoms with E-state index >= 15 is 0 Å². The molecular formula is C94H140N8O34S. The van der Waals surface area contributed by atoms with E-state index in [1.165, 1.54) is 21.5 Å². The Morgan fingerprint density at radius 3 is 1.28 bits per heavy atom. The van der Waals surface area contributed by atoms with Gasteiger partial charge in [-0.05, 0) is 94.2 Å². The fourth-order valence-electron chi connectivity index (χ4n) is 14.7. The van der Waals surface area contributed by atoms with E-state index in [-0.39, 0.29) is 164 Å². The zero-order chi connectivity index (χ0) is 97.4. The highest BCUT2D eigenvalue weighted by atomic mass is 32.1. The van der Waals surface area contributed by atoms with Crippen LogP contribution in [0.15, 0.2) is 89.0 Å². The Labute approximate surface area is 805 Å². The number of amides is 2. The minimum atomic E-state index is -1.13. The average Bonchev–Trinajstić information content (AvgIpc) is 1.55. The number of aliphatic hydroxyl groups excluding tert-OH is 2. The third-order valence-electron chi connectivity index (χ3n) is 21.5. The molecule has 4 aliphatic rings. The van der Waals surface area contributed by atoms with Crippen LogP contribution in [0.2, 0.25) is 0 Å². The first-order chi connectivity index (χ1) is 67.0. The number of aryl methyl sites for hydroxylation is 2. The van der Waals surface area contributed by atoms with E-state index < -0.39 is 27.5 Å². The third kappa shape index (κ3) is 43.8. The molecule has 2 amide bonds. The van der Waals surface area contributed by atoms with Crippen molar-refractivity contribution in [3.63, 3.8) is 0 Å². The number of hydrogen-bond acceptors (Lipinski definition) is 37. The number of benzene rings is 2. The molecule has 2 aromatic heterocycles. The van der Waals surface area contributed by atoms with Crippen LogP contribution >= 0.6 is 12.2 Å². The molecule has 1 spiro atoms. The van der Waals surface area contributed by atoms with Gasteiger partial charge >= 0.3 is 17.6 Å². The monoisotopic (exact) mass is 1960 g/mol. The summed E-state index contributed by atoms with van der Waals surface area (Å²) < 4.78 is 141. The van der Waals surface area contributed by atoms with E-state index in [0.717, 1.165) is 44.7 Å². The summed E-state index contributed by atoms with van der Waals surface area (Å²) in [4.78, 5) is 82.5. The number of unbranched alkanes of at least 4 members (excludes halogenated alkanes) is 2. The van der Waals surface area contributed by atoms with Crippen LogP contribution in [0.3, 0.4) is 0 Å². The van der Waals surface area contributed by atoms with Gasteiger partial charge in [0.05, 0.1) is 288 Å². The van der Waals surface area contributed by atoms with E-state index in [9.17, 15) is 49.6 Å². The molecule has 43 heteroatoms. The van der Waals surface area contributed by atoms with Crippen molar-refractivity contribution in [1.29, 1.82) is 0 Å². The predicted molar refractivity (Wildman–Crippen MR) is 498 cm³/mol. The van der Waals surface area contributed by atoms with Crippen LogP contribution in [0.25, 0.3) is 0 Å². The van der Waals surface area contributed by atoms with Crippen LogP contribution in [-0.2, 0) is 134 Å². The van der Waals surface area contributed by atoms with Crippen molar-refractivity contribution in [2.45, 2.75) is 116 Å². The summed E-state index contributed by atoms with van der Waals surface area (Å²) in [5, 5.41) is 48.9. The Bertz CT molecular complexity index is 4180. The van der Waals surface area contributed by atoms with Gasteiger partial charge in [-0.25, -0.2) is 23.9 Å². The summed E-state index contributed by atoms with van der Waals surface area (Å²) in [6.07, 6.45) is 12.7. The van der Waals surface area contributed by atoms with Crippen molar-refractivity contribution < 1.29 is 153 Å². The van der Waals surface area contributed by atoms with Crippen molar-refractivity contribution in [1.82, 2.24) is 29.7 Å². The molecule has 3 heterocycles. The normalized spacial score (nSPS) is 15.0. The maximum Gasteiger partial charge on any atom is 0.342 e. The first kappa shape index (κ1) is 113. The highest BCUT2D eigenvalue weighted by Gasteiger charge is 2.54. The number of ether oxygens (including phenoxy) is 24. The summed E-state index contributed by atoms with van der Waals surface area (Å²) in [6.45, 7) is 17.8. The van der Waals surface area contributed by atoms with E-state index in [1.54, 1.807) is 45.2 Å². The lowest BCUT2D eigenvalue weighted by Gasteiger charge is -2.42. The molecule has 4 N–H and O–H groups in total. The molecule has 42 nitrogen and oxygen atoms in total. The average molecular weight is 1960 g/mol. The van der Waals surface area contributed by atoms with Gasteiger partial charge in [0.15, 0.2) is 34.5 Å². The van der Waals surface area contributed by atoms with Gasteiger partial charge < -0.3 is 155 Å². The van der Waals surface area contributed by atoms with Crippen LogP contribution in [0.1, 0.15) is 114 Å². The molecule has 0 saturated heterocycles. The van der Waals surface area contributed by atoms with Gasteiger partial charge in [-0.1, -0.05) is 48.5 Å². The number of aliphatic hydroxyl groups is 2. The Kier molecular flexibility index (Phi) is 57.2. The second-order valence-electron chi connectivity index (χ2n) is 31.4. The summed E-state index contributed by atoms with van der Waals surface area (Å²) >= 11 is 5.95. The van der Waals surface area contributed by atoms with Gasteiger partial charge in [0.2, 0.25) is 17.6 Å². The van der Waals surface area contributed by atoms with Crippen molar-refractivity contribution >= 4 is 52.3 Å². The molecule has 0 saturated carbocycles.